The first-order valence-corrected chi connectivity index (χ1v) is 18.2. The van der Waals surface area contributed by atoms with E-state index in [-0.39, 0.29) is 0 Å². The Hall–Kier alpha value is -1.60. The highest BCUT2D eigenvalue weighted by atomic mass is 28.3. The van der Waals surface area contributed by atoms with E-state index in [4.69, 9.17) is 0 Å². The normalized spacial score (nSPS) is 12.0. The van der Waals surface area contributed by atoms with Crippen LogP contribution in [-0.4, -0.2) is 8.07 Å². The molecule has 0 spiro atoms. The van der Waals surface area contributed by atoms with Gasteiger partial charge in [-0.15, -0.1) is 0 Å². The standard InChI is InChI=1S/C34H54Si/c1-4-5-6-7-8-9-10-11-12-13-14-15-16-17-18-22-30-35(2,3)34-27-23-26-33(31-34)29-28-32-24-20-19-21-25-32/h19-21,23-29,31H,4-18,22,30H2,1-3H3/b29-28+. The van der Waals surface area contributed by atoms with Gasteiger partial charge in [0.15, 0.2) is 0 Å². The van der Waals surface area contributed by atoms with Crippen molar-refractivity contribution < 1.29 is 0 Å². The number of benzene rings is 2. The molecule has 0 fully saturated rings. The van der Waals surface area contributed by atoms with Crippen molar-refractivity contribution in [3.63, 3.8) is 0 Å². The summed E-state index contributed by atoms with van der Waals surface area (Å²) in [4.78, 5) is 0. The molecule has 0 N–H and O–H groups in total. The number of hydrogen-bond donors (Lipinski definition) is 0. The van der Waals surface area contributed by atoms with Crippen molar-refractivity contribution in [2.75, 3.05) is 0 Å². The summed E-state index contributed by atoms with van der Waals surface area (Å²) in [6, 6.07) is 21.3. The Balaban J connectivity index is 1.51. The summed E-state index contributed by atoms with van der Waals surface area (Å²) in [6.07, 6.45) is 27.6. The van der Waals surface area contributed by atoms with Gasteiger partial charge in [0, 0.05) is 0 Å². The van der Waals surface area contributed by atoms with Crippen LogP contribution in [0, 0.1) is 0 Å². The molecular weight excluding hydrogens is 436 g/mol. The fourth-order valence-electron chi connectivity index (χ4n) is 5.08. The predicted octanol–water partition coefficient (Wildman–Crippen LogP) is 11.0. The fourth-order valence-corrected chi connectivity index (χ4v) is 7.61. The van der Waals surface area contributed by atoms with E-state index in [0.29, 0.717) is 0 Å². The molecule has 0 aromatic heterocycles. The third-order valence-corrected chi connectivity index (χ3v) is 11.1. The minimum absolute atomic E-state index is 1.27. The minimum atomic E-state index is -1.36. The zero-order valence-electron chi connectivity index (χ0n) is 23.4. The van der Waals surface area contributed by atoms with E-state index in [1.165, 1.54) is 120 Å². The van der Waals surface area contributed by atoms with E-state index in [2.05, 4.69) is 86.8 Å². The lowest BCUT2D eigenvalue weighted by atomic mass is 10.0. The average molecular weight is 491 g/mol. The van der Waals surface area contributed by atoms with Gasteiger partial charge in [0.2, 0.25) is 0 Å². The van der Waals surface area contributed by atoms with E-state index < -0.39 is 8.07 Å². The molecule has 0 radical (unpaired) electrons. The first-order chi connectivity index (χ1) is 17.1. The molecule has 2 aromatic rings. The summed E-state index contributed by atoms with van der Waals surface area (Å²) < 4.78 is 0. The van der Waals surface area contributed by atoms with Gasteiger partial charge in [0.1, 0.15) is 0 Å². The highest BCUT2D eigenvalue weighted by molar-refractivity contribution is 6.89. The topological polar surface area (TPSA) is 0 Å². The van der Waals surface area contributed by atoms with Crippen LogP contribution in [0.5, 0.6) is 0 Å². The number of hydrogen-bond acceptors (Lipinski definition) is 0. The Bertz CT molecular complexity index is 789. The monoisotopic (exact) mass is 490 g/mol. The van der Waals surface area contributed by atoms with Crippen LogP contribution in [0.25, 0.3) is 12.2 Å². The molecule has 0 unspecified atom stereocenters. The highest BCUT2D eigenvalue weighted by Crippen LogP contribution is 2.19. The molecule has 0 aliphatic rings. The third-order valence-electron chi connectivity index (χ3n) is 7.59. The van der Waals surface area contributed by atoms with Crippen molar-refractivity contribution in [3.8, 4) is 0 Å². The lowest BCUT2D eigenvalue weighted by Gasteiger charge is -2.23. The Morgan fingerprint density at radius 2 is 0.971 bits per heavy atom. The largest absolute Gasteiger partial charge is 0.0806 e. The maximum Gasteiger partial charge on any atom is 0.0806 e. The average Bonchev–Trinajstić information content (AvgIpc) is 2.88. The zero-order valence-corrected chi connectivity index (χ0v) is 24.4. The fraction of sp³-hybridized carbons (Fsp3) is 0.588. The van der Waals surface area contributed by atoms with Gasteiger partial charge < -0.3 is 0 Å². The van der Waals surface area contributed by atoms with E-state index in [0.717, 1.165) is 0 Å². The van der Waals surface area contributed by atoms with Crippen molar-refractivity contribution in [2.24, 2.45) is 0 Å². The van der Waals surface area contributed by atoms with Crippen LogP contribution < -0.4 is 5.19 Å². The van der Waals surface area contributed by atoms with Crippen LogP contribution in [0.3, 0.4) is 0 Å². The number of rotatable bonds is 20. The van der Waals surface area contributed by atoms with Crippen LogP contribution in [0.2, 0.25) is 19.1 Å². The molecule has 35 heavy (non-hydrogen) atoms. The molecule has 0 atom stereocenters. The van der Waals surface area contributed by atoms with Gasteiger partial charge in [-0.3, -0.25) is 0 Å². The summed E-state index contributed by atoms with van der Waals surface area (Å²) in [5.74, 6) is 0. The second-order valence-electron chi connectivity index (χ2n) is 11.3. The SMILES string of the molecule is CCCCCCCCCCCCCCCCCC[Si](C)(C)c1cccc(/C=C/c2ccccc2)c1. The molecule has 1 heteroatoms. The first kappa shape index (κ1) is 29.6. The van der Waals surface area contributed by atoms with Crippen LogP contribution in [0.4, 0.5) is 0 Å². The quantitative estimate of drug-likeness (QED) is 0.0983. The van der Waals surface area contributed by atoms with Crippen molar-refractivity contribution >= 4 is 25.4 Å². The molecule has 0 nitrogen and oxygen atoms in total. The Kier molecular flexibility index (Phi) is 15.8. The summed E-state index contributed by atoms with van der Waals surface area (Å²) in [5, 5.41) is 1.61. The van der Waals surface area contributed by atoms with E-state index in [1.54, 1.807) is 5.19 Å². The molecule has 0 saturated heterocycles. The first-order valence-electron chi connectivity index (χ1n) is 15.0. The lowest BCUT2D eigenvalue weighted by Crippen LogP contribution is -2.41. The second kappa shape index (κ2) is 18.6. The van der Waals surface area contributed by atoms with Crippen molar-refractivity contribution in [1.29, 1.82) is 0 Å². The molecule has 0 saturated carbocycles. The molecule has 0 aliphatic heterocycles. The van der Waals surface area contributed by atoms with Gasteiger partial charge in [0.25, 0.3) is 0 Å². The molecule has 0 bridgehead atoms. The maximum atomic E-state index is 2.55. The Morgan fingerprint density at radius 3 is 1.51 bits per heavy atom. The van der Waals surface area contributed by atoms with Gasteiger partial charge in [-0.2, -0.15) is 0 Å². The molecular formula is C34H54Si. The summed E-state index contributed by atoms with van der Waals surface area (Å²) in [7, 11) is -1.36. The predicted molar refractivity (Wildman–Crippen MR) is 163 cm³/mol. The number of unbranched alkanes of at least 4 members (excludes halogenated alkanes) is 15. The van der Waals surface area contributed by atoms with Crippen molar-refractivity contribution in [3.05, 3.63) is 65.7 Å². The molecule has 0 amide bonds. The Labute approximate surface area is 219 Å². The summed E-state index contributed by atoms with van der Waals surface area (Å²) in [6.45, 7) is 7.41. The van der Waals surface area contributed by atoms with Crippen LogP contribution in [-0.2, 0) is 0 Å². The van der Waals surface area contributed by atoms with Gasteiger partial charge in [-0.25, -0.2) is 0 Å². The zero-order chi connectivity index (χ0) is 25.0. The maximum absolute atomic E-state index is 2.55. The van der Waals surface area contributed by atoms with Crippen molar-refractivity contribution in [1.82, 2.24) is 0 Å². The van der Waals surface area contributed by atoms with Crippen molar-refractivity contribution in [2.45, 2.75) is 129 Å². The molecule has 2 rings (SSSR count). The smallest absolute Gasteiger partial charge is 0.0654 e. The van der Waals surface area contributed by atoms with Crippen LogP contribution in [0.15, 0.2) is 54.6 Å². The molecule has 0 heterocycles. The van der Waals surface area contributed by atoms with Gasteiger partial charge in [-0.05, 0) is 11.1 Å². The highest BCUT2D eigenvalue weighted by Gasteiger charge is 2.22. The van der Waals surface area contributed by atoms with Gasteiger partial charge in [-0.1, -0.05) is 201 Å². The van der Waals surface area contributed by atoms with Gasteiger partial charge in [0.05, 0.1) is 8.07 Å². The molecule has 194 valence electrons. The van der Waals surface area contributed by atoms with Crippen LogP contribution >= 0.6 is 0 Å². The Morgan fingerprint density at radius 1 is 0.514 bits per heavy atom. The molecule has 2 aromatic carbocycles. The molecule has 0 aliphatic carbocycles. The third kappa shape index (κ3) is 13.9. The van der Waals surface area contributed by atoms with E-state index in [1.807, 2.05) is 0 Å². The summed E-state index contributed by atoms with van der Waals surface area (Å²) >= 11 is 0. The lowest BCUT2D eigenvalue weighted by molar-refractivity contribution is 0.531. The van der Waals surface area contributed by atoms with Crippen LogP contribution in [0.1, 0.15) is 121 Å². The second-order valence-corrected chi connectivity index (χ2v) is 16.2. The summed E-state index contributed by atoms with van der Waals surface area (Å²) in [5.41, 5.74) is 2.60. The van der Waals surface area contributed by atoms with Gasteiger partial charge >= 0.3 is 0 Å². The van der Waals surface area contributed by atoms with E-state index >= 15 is 0 Å². The minimum Gasteiger partial charge on any atom is -0.0654 e. The van der Waals surface area contributed by atoms with E-state index in [9.17, 15) is 0 Å².